The van der Waals surface area contributed by atoms with E-state index in [1.165, 1.54) is 0 Å². The van der Waals surface area contributed by atoms with Gasteiger partial charge in [0.15, 0.2) is 0 Å². The third-order valence-electron chi connectivity index (χ3n) is 0.421. The summed E-state index contributed by atoms with van der Waals surface area (Å²) >= 11 is 0. The molecule has 60 valence electrons. The van der Waals surface area contributed by atoms with Crippen molar-refractivity contribution in [3.63, 3.8) is 0 Å². The van der Waals surface area contributed by atoms with Crippen molar-refractivity contribution in [1.29, 1.82) is 0 Å². The van der Waals surface area contributed by atoms with Crippen LogP contribution in [0.15, 0.2) is 12.2 Å². The Labute approximate surface area is 63.1 Å². The molecule has 2 heteroatoms. The lowest BCUT2D eigenvalue weighted by molar-refractivity contribution is -0.114. The van der Waals surface area contributed by atoms with Crippen LogP contribution in [-0.4, -0.2) is 5.91 Å². The molecule has 0 radical (unpaired) electrons. The van der Waals surface area contributed by atoms with E-state index in [2.05, 4.69) is 27.4 Å². The monoisotopic (exact) mass is 143 g/mol. The number of rotatable bonds is 1. The van der Waals surface area contributed by atoms with Gasteiger partial charge in [0.25, 0.3) is 0 Å². The highest BCUT2D eigenvalue weighted by molar-refractivity contribution is 5.90. The Morgan fingerprint density at radius 1 is 1.40 bits per heavy atom. The molecule has 0 saturated heterocycles. The van der Waals surface area contributed by atoms with Crippen LogP contribution < -0.4 is 5.73 Å². The summed E-state index contributed by atoms with van der Waals surface area (Å²) < 4.78 is 0. The lowest BCUT2D eigenvalue weighted by atomic mass is 10.3. The maximum absolute atomic E-state index is 9.82. The van der Waals surface area contributed by atoms with Crippen molar-refractivity contribution in [2.75, 3.05) is 0 Å². The zero-order chi connectivity index (χ0) is 8.73. The quantitative estimate of drug-likeness (QED) is 0.558. The maximum Gasteiger partial charge on any atom is 0.243 e. The van der Waals surface area contributed by atoms with Crippen molar-refractivity contribution in [2.45, 2.75) is 27.7 Å². The molecule has 0 fully saturated rings. The Morgan fingerprint density at radius 3 is 1.50 bits per heavy atom. The van der Waals surface area contributed by atoms with Crippen LogP contribution in [0.4, 0.5) is 0 Å². The van der Waals surface area contributed by atoms with E-state index >= 15 is 0 Å². The summed E-state index contributed by atoms with van der Waals surface area (Å²) in [5, 5.41) is 0. The average Bonchev–Trinajstić information content (AvgIpc) is 1.63. The van der Waals surface area contributed by atoms with Gasteiger partial charge in [0.1, 0.15) is 0 Å². The predicted octanol–water partition coefficient (Wildman–Crippen LogP) is 1.71. The summed E-state index contributed by atoms with van der Waals surface area (Å²) in [6.07, 6.45) is 0. The molecule has 0 rings (SSSR count). The summed E-state index contributed by atoms with van der Waals surface area (Å²) in [5.41, 5.74) is 5.09. The second kappa shape index (κ2) is 6.33. The maximum atomic E-state index is 9.82. The van der Waals surface area contributed by atoms with Gasteiger partial charge < -0.3 is 5.73 Å². The SMILES string of the molecule is C=C(C)C(N)=O.CC(C)C. The van der Waals surface area contributed by atoms with Crippen LogP contribution in [0.2, 0.25) is 0 Å². The van der Waals surface area contributed by atoms with E-state index in [9.17, 15) is 4.79 Å². The van der Waals surface area contributed by atoms with Crippen molar-refractivity contribution in [3.05, 3.63) is 12.2 Å². The minimum atomic E-state index is -0.435. The Hall–Kier alpha value is -0.790. The first-order chi connectivity index (χ1) is 4.37. The molecule has 1 amide bonds. The van der Waals surface area contributed by atoms with Crippen LogP contribution >= 0.6 is 0 Å². The fourth-order valence-electron chi connectivity index (χ4n) is 0. The van der Waals surface area contributed by atoms with Crippen LogP contribution in [-0.2, 0) is 4.79 Å². The molecule has 2 nitrogen and oxygen atoms in total. The molecule has 0 aliphatic rings. The van der Waals surface area contributed by atoms with Crippen LogP contribution in [0.3, 0.4) is 0 Å². The van der Waals surface area contributed by atoms with E-state index in [1.807, 2.05) is 0 Å². The lowest BCUT2D eigenvalue weighted by Crippen LogP contribution is -2.10. The van der Waals surface area contributed by atoms with Crippen LogP contribution in [0.1, 0.15) is 27.7 Å². The topological polar surface area (TPSA) is 43.1 Å². The first kappa shape index (κ1) is 11.9. The molecule has 0 bridgehead atoms. The van der Waals surface area contributed by atoms with E-state index in [0.29, 0.717) is 5.57 Å². The van der Waals surface area contributed by atoms with Gasteiger partial charge in [-0.25, -0.2) is 0 Å². The van der Waals surface area contributed by atoms with Gasteiger partial charge in [-0.05, 0) is 12.8 Å². The third kappa shape index (κ3) is 27.0. The number of carbonyl (C=O) groups is 1. The highest BCUT2D eigenvalue weighted by Gasteiger charge is 1.86. The molecule has 0 aliphatic carbocycles. The van der Waals surface area contributed by atoms with Gasteiger partial charge >= 0.3 is 0 Å². The molecule has 2 N–H and O–H groups in total. The van der Waals surface area contributed by atoms with Gasteiger partial charge in [0, 0.05) is 5.57 Å². The Bertz CT molecular complexity index is 102. The minimum absolute atomic E-state index is 0.398. The number of primary amides is 1. The van der Waals surface area contributed by atoms with E-state index in [0.717, 1.165) is 5.92 Å². The number of hydrogen-bond donors (Lipinski definition) is 1. The first-order valence-corrected chi connectivity index (χ1v) is 3.33. The molecular formula is C8H17NO. The predicted molar refractivity (Wildman–Crippen MR) is 44.5 cm³/mol. The summed E-state index contributed by atoms with van der Waals surface area (Å²) in [4.78, 5) is 9.82. The van der Waals surface area contributed by atoms with E-state index in [-0.39, 0.29) is 0 Å². The summed E-state index contributed by atoms with van der Waals surface area (Å²) in [6.45, 7) is 11.4. The van der Waals surface area contributed by atoms with Gasteiger partial charge in [0.05, 0.1) is 0 Å². The number of amides is 1. The Balaban J connectivity index is 0. The molecule has 0 saturated carbocycles. The van der Waals surface area contributed by atoms with Crippen LogP contribution in [0.5, 0.6) is 0 Å². The van der Waals surface area contributed by atoms with Crippen molar-refractivity contribution in [3.8, 4) is 0 Å². The van der Waals surface area contributed by atoms with E-state index in [4.69, 9.17) is 5.73 Å². The second-order valence-corrected chi connectivity index (χ2v) is 2.88. The third-order valence-corrected chi connectivity index (χ3v) is 0.421. The van der Waals surface area contributed by atoms with Gasteiger partial charge in [-0.15, -0.1) is 0 Å². The molecule has 0 aromatic rings. The molecule has 0 aromatic carbocycles. The largest absolute Gasteiger partial charge is 0.366 e. The molecule has 0 aromatic heterocycles. The number of carbonyl (C=O) groups excluding carboxylic acids is 1. The molecule has 0 atom stereocenters. The molecular weight excluding hydrogens is 126 g/mol. The summed E-state index contributed by atoms with van der Waals surface area (Å²) in [5.74, 6) is 0.398. The first-order valence-electron chi connectivity index (χ1n) is 3.33. The van der Waals surface area contributed by atoms with E-state index < -0.39 is 5.91 Å². The fraction of sp³-hybridized carbons (Fsp3) is 0.625. The molecule has 0 unspecified atom stereocenters. The molecule has 0 aliphatic heterocycles. The van der Waals surface area contributed by atoms with Crippen molar-refractivity contribution in [1.82, 2.24) is 0 Å². The van der Waals surface area contributed by atoms with Crippen LogP contribution in [0, 0.1) is 5.92 Å². The fourth-order valence-corrected chi connectivity index (χ4v) is 0. The van der Waals surface area contributed by atoms with Crippen LogP contribution in [0.25, 0.3) is 0 Å². The van der Waals surface area contributed by atoms with Gasteiger partial charge in [-0.3, -0.25) is 4.79 Å². The zero-order valence-electron chi connectivity index (χ0n) is 7.27. The van der Waals surface area contributed by atoms with Crippen molar-refractivity contribution >= 4 is 5.91 Å². The standard InChI is InChI=1S/C4H7NO.C4H10/c1-3(2)4(5)6;1-4(2)3/h1H2,2H3,(H2,5,6);4H,1-3H3. The number of hydrogen-bond acceptors (Lipinski definition) is 1. The highest BCUT2D eigenvalue weighted by atomic mass is 16.1. The number of nitrogens with two attached hydrogens (primary N) is 1. The smallest absolute Gasteiger partial charge is 0.243 e. The normalized spacial score (nSPS) is 8.10. The van der Waals surface area contributed by atoms with Gasteiger partial charge in [-0.2, -0.15) is 0 Å². The Kier molecular flexibility index (Phi) is 7.56. The summed E-state index contributed by atoms with van der Waals surface area (Å²) in [6, 6.07) is 0. The minimum Gasteiger partial charge on any atom is -0.366 e. The molecule has 0 heterocycles. The average molecular weight is 143 g/mol. The summed E-state index contributed by atoms with van der Waals surface area (Å²) in [7, 11) is 0. The lowest BCUT2D eigenvalue weighted by Gasteiger charge is -1.81. The van der Waals surface area contributed by atoms with Crippen molar-refractivity contribution < 1.29 is 4.79 Å². The highest BCUT2D eigenvalue weighted by Crippen LogP contribution is 1.81. The second-order valence-electron chi connectivity index (χ2n) is 2.88. The molecule has 0 spiro atoms. The Morgan fingerprint density at radius 2 is 1.50 bits per heavy atom. The van der Waals surface area contributed by atoms with Gasteiger partial charge in [0.2, 0.25) is 5.91 Å². The van der Waals surface area contributed by atoms with Gasteiger partial charge in [-0.1, -0.05) is 27.4 Å². The molecule has 10 heavy (non-hydrogen) atoms. The van der Waals surface area contributed by atoms with E-state index in [1.54, 1.807) is 6.92 Å². The zero-order valence-corrected chi connectivity index (χ0v) is 7.27. The van der Waals surface area contributed by atoms with Crippen molar-refractivity contribution in [2.24, 2.45) is 11.7 Å².